The Morgan fingerprint density at radius 1 is 0.246 bits per heavy atom. The number of nitrogens with zero attached hydrogens (tertiary/aromatic N) is 3. The van der Waals surface area contributed by atoms with Crippen LogP contribution in [0.1, 0.15) is 0 Å². The third-order valence-corrected chi connectivity index (χ3v) is 18.1. The van der Waals surface area contributed by atoms with Crippen molar-refractivity contribution in [1.29, 1.82) is 0 Å². The quantitative estimate of drug-likeness (QED) is 0.143. The molecule has 0 aliphatic carbocycles. The molecule has 0 bridgehead atoms. The highest BCUT2D eigenvalue weighted by Crippen LogP contribution is 2.57. The first-order chi connectivity index (χ1) is 34.2. The van der Waals surface area contributed by atoms with Gasteiger partial charge in [-0.05, 0) is 89.0 Å². The van der Waals surface area contributed by atoms with E-state index in [1.165, 1.54) is 104 Å². The molecule has 0 atom stereocenters. The Kier molecular flexibility index (Phi) is 9.62. The van der Waals surface area contributed by atoms with E-state index in [9.17, 15) is 0 Å². The zero-order chi connectivity index (χ0) is 45.4. The van der Waals surface area contributed by atoms with Gasteiger partial charge in [-0.3, -0.25) is 0 Å². The molecule has 326 valence electrons. The van der Waals surface area contributed by atoms with Crippen LogP contribution in [0.2, 0.25) is 0 Å². The van der Waals surface area contributed by atoms with E-state index in [0.29, 0.717) is 0 Å². The largest absolute Gasteiger partial charge is 0.301 e. The van der Waals surface area contributed by atoms with E-state index in [-0.39, 0.29) is 0 Å². The summed E-state index contributed by atoms with van der Waals surface area (Å²) < 4.78 is 6.56. The van der Waals surface area contributed by atoms with Crippen LogP contribution in [-0.2, 0) is 0 Å². The Hall–Kier alpha value is -7.78. The summed E-state index contributed by atoms with van der Waals surface area (Å²) in [6, 6.07) is 86.3. The second-order valence-electron chi connectivity index (χ2n) is 17.2. The molecule has 0 unspecified atom stereocenters. The third kappa shape index (κ3) is 6.65. The lowest BCUT2D eigenvalue weighted by Crippen LogP contribution is -2.08. The van der Waals surface area contributed by atoms with Gasteiger partial charge in [0.15, 0.2) is 0 Å². The van der Waals surface area contributed by atoms with Crippen LogP contribution in [0.4, 0.5) is 49.1 Å². The van der Waals surface area contributed by atoms with Gasteiger partial charge in [-0.1, -0.05) is 164 Å². The van der Waals surface area contributed by atoms with E-state index in [4.69, 9.17) is 0 Å². The monoisotopic (exact) mass is 953 g/mol. The standard InChI is InChI=1S/C62H39N3S4/c1-4-25-43(26-5-1)63(51-34-16-22-40-19-10-13-31-46(40)51)55-37-49-58-59(66-54-39-57(69-62(54)58)65(45-29-8-3-9-30-45)53-36-18-24-42-21-12-15-33-48(42)53)50-38-56(68-61(50)60(49)67-55)64(44-27-6-2-7-28-44)52-35-17-23-41-20-11-14-32-47(41)52/h1-39H. The maximum Gasteiger partial charge on any atom is 0.102 e. The van der Waals surface area contributed by atoms with Crippen LogP contribution in [-0.4, -0.2) is 0 Å². The van der Waals surface area contributed by atoms with E-state index in [1.807, 2.05) is 45.3 Å². The van der Waals surface area contributed by atoms with Crippen LogP contribution in [0.15, 0.2) is 237 Å². The molecular weight excluding hydrogens is 915 g/mol. The predicted molar refractivity (Wildman–Crippen MR) is 305 cm³/mol. The normalized spacial score (nSPS) is 11.8. The van der Waals surface area contributed by atoms with Crippen molar-refractivity contribution < 1.29 is 0 Å². The van der Waals surface area contributed by atoms with Crippen molar-refractivity contribution in [1.82, 2.24) is 0 Å². The molecule has 0 spiro atoms. The van der Waals surface area contributed by atoms with Crippen molar-refractivity contribution in [2.24, 2.45) is 0 Å². The summed E-state index contributed by atoms with van der Waals surface area (Å²) in [5.41, 5.74) is 6.92. The average Bonchev–Trinajstić information content (AvgIpc) is 4.21. The van der Waals surface area contributed by atoms with Gasteiger partial charge < -0.3 is 14.7 Å². The lowest BCUT2D eigenvalue weighted by Gasteiger charge is -2.25. The molecule has 14 rings (SSSR count). The summed E-state index contributed by atoms with van der Waals surface area (Å²) >= 11 is 7.64. The van der Waals surface area contributed by atoms with Gasteiger partial charge in [-0.25, -0.2) is 0 Å². The fourth-order valence-electron chi connectivity index (χ4n) is 10.2. The van der Waals surface area contributed by atoms with Crippen molar-refractivity contribution in [2.75, 3.05) is 14.7 Å². The maximum atomic E-state index is 2.49. The molecule has 0 amide bonds. The van der Waals surface area contributed by atoms with Gasteiger partial charge in [0.1, 0.15) is 15.0 Å². The summed E-state index contributed by atoms with van der Waals surface area (Å²) in [5.74, 6) is 0. The number of anilines is 9. The van der Waals surface area contributed by atoms with Crippen molar-refractivity contribution in [2.45, 2.75) is 0 Å². The van der Waals surface area contributed by atoms with E-state index < -0.39 is 0 Å². The topological polar surface area (TPSA) is 9.72 Å². The number of fused-ring (bicyclic) bond motifs is 11. The minimum Gasteiger partial charge on any atom is -0.301 e. The Morgan fingerprint density at radius 2 is 0.594 bits per heavy atom. The first-order valence-corrected chi connectivity index (χ1v) is 26.3. The third-order valence-electron chi connectivity index (χ3n) is 13.2. The van der Waals surface area contributed by atoms with Gasteiger partial charge in [0.2, 0.25) is 0 Å². The number of rotatable bonds is 9. The Bertz CT molecular complexity index is 4210. The van der Waals surface area contributed by atoms with Gasteiger partial charge in [-0.15, -0.1) is 45.3 Å². The molecule has 3 nitrogen and oxygen atoms in total. The van der Waals surface area contributed by atoms with Crippen molar-refractivity contribution in [3.8, 4) is 0 Å². The van der Waals surface area contributed by atoms with Crippen molar-refractivity contribution in [3.05, 3.63) is 237 Å². The molecule has 10 aromatic carbocycles. The van der Waals surface area contributed by atoms with Crippen LogP contribution >= 0.6 is 45.3 Å². The zero-order valence-electron chi connectivity index (χ0n) is 37.0. The molecule has 0 aliphatic heterocycles. The van der Waals surface area contributed by atoms with Gasteiger partial charge >= 0.3 is 0 Å². The molecule has 69 heavy (non-hydrogen) atoms. The fraction of sp³-hybridized carbons (Fsp3) is 0. The molecule has 14 aromatic rings. The highest BCUT2D eigenvalue weighted by molar-refractivity contribution is 7.37. The van der Waals surface area contributed by atoms with Crippen molar-refractivity contribution >= 4 is 166 Å². The molecule has 0 saturated carbocycles. The molecule has 0 saturated heterocycles. The van der Waals surface area contributed by atoms with Gasteiger partial charge in [-0.2, -0.15) is 0 Å². The van der Waals surface area contributed by atoms with Gasteiger partial charge in [0.05, 0.1) is 31.2 Å². The second kappa shape index (κ2) is 16.5. The summed E-state index contributed by atoms with van der Waals surface area (Å²) in [5, 5.41) is 14.8. The molecule has 0 fully saturated rings. The van der Waals surface area contributed by atoms with Crippen LogP contribution in [0.25, 0.3) is 72.0 Å². The first kappa shape index (κ1) is 40.3. The number of hydrogen-bond acceptors (Lipinski definition) is 7. The fourth-order valence-corrected chi connectivity index (χ4v) is 15.5. The SMILES string of the molecule is c1ccc(N(c2cc3c(s2)c2sc(N(c4ccccc4)c4cccc5ccccc45)cc2c2c4sc(N(c5ccccc5)c5cccc6ccccc56)cc4sc32)c2cccc3ccccc23)cc1. The highest BCUT2D eigenvalue weighted by Gasteiger charge is 2.27. The molecule has 0 radical (unpaired) electrons. The van der Waals surface area contributed by atoms with Gasteiger partial charge in [0.25, 0.3) is 0 Å². The van der Waals surface area contributed by atoms with E-state index in [2.05, 4.69) is 251 Å². The minimum atomic E-state index is 1.13. The van der Waals surface area contributed by atoms with Crippen LogP contribution in [0.5, 0.6) is 0 Å². The van der Waals surface area contributed by atoms with Gasteiger partial charge in [0, 0.05) is 58.8 Å². The molecule has 4 aromatic heterocycles. The summed E-state index contributed by atoms with van der Waals surface area (Å²) in [7, 11) is 0. The number of para-hydroxylation sites is 3. The highest BCUT2D eigenvalue weighted by atomic mass is 32.1. The minimum absolute atomic E-state index is 1.13. The number of thiophene rings is 4. The van der Waals surface area contributed by atoms with Crippen LogP contribution < -0.4 is 14.7 Å². The van der Waals surface area contributed by atoms with E-state index >= 15 is 0 Å². The first-order valence-electron chi connectivity index (χ1n) is 23.1. The lowest BCUT2D eigenvalue weighted by molar-refractivity contribution is 1.33. The van der Waals surface area contributed by atoms with Crippen LogP contribution in [0, 0.1) is 0 Å². The van der Waals surface area contributed by atoms with Crippen LogP contribution in [0.3, 0.4) is 0 Å². The summed E-state index contributed by atoms with van der Waals surface area (Å²) in [6.07, 6.45) is 0. The Morgan fingerprint density at radius 3 is 1.04 bits per heavy atom. The smallest absolute Gasteiger partial charge is 0.102 e. The average molecular weight is 954 g/mol. The Balaban J connectivity index is 1.06. The van der Waals surface area contributed by atoms with Crippen molar-refractivity contribution in [3.63, 3.8) is 0 Å². The maximum absolute atomic E-state index is 2.49. The second-order valence-corrected chi connectivity index (χ2v) is 21.4. The molecule has 4 heterocycles. The zero-order valence-corrected chi connectivity index (χ0v) is 40.3. The van der Waals surface area contributed by atoms with E-state index in [0.717, 1.165) is 17.1 Å². The molecule has 0 aliphatic rings. The summed E-state index contributed by atoms with van der Waals surface area (Å²) in [6.45, 7) is 0. The van der Waals surface area contributed by atoms with E-state index in [1.54, 1.807) is 0 Å². The molecule has 0 N–H and O–H groups in total. The number of hydrogen-bond donors (Lipinski definition) is 0. The Labute approximate surface area is 414 Å². The lowest BCUT2D eigenvalue weighted by atomic mass is 10.1. The summed E-state index contributed by atoms with van der Waals surface area (Å²) in [4.78, 5) is 7.41. The predicted octanol–water partition coefficient (Wildman–Crippen LogP) is 20.4. The number of benzene rings is 10. The molecule has 7 heteroatoms. The molecular formula is C62H39N3S4.